The van der Waals surface area contributed by atoms with Crippen molar-refractivity contribution in [3.8, 4) is 0 Å². The predicted molar refractivity (Wildman–Crippen MR) is 59.5 cm³/mol. The van der Waals surface area contributed by atoms with Crippen LogP contribution in [0.3, 0.4) is 0 Å². The SMILES string of the molecule is CC(C)(C)[C@@]1(O)CO[C@@H]1c1ccccc1. The molecule has 0 radical (unpaired) electrons. The van der Waals surface area contributed by atoms with Crippen molar-refractivity contribution in [2.75, 3.05) is 6.61 Å². The van der Waals surface area contributed by atoms with Crippen molar-refractivity contribution in [1.29, 1.82) is 0 Å². The van der Waals surface area contributed by atoms with Gasteiger partial charge in [0, 0.05) is 0 Å². The lowest BCUT2D eigenvalue weighted by atomic mass is 9.69. The molecule has 1 fully saturated rings. The van der Waals surface area contributed by atoms with Crippen LogP contribution < -0.4 is 0 Å². The number of hydrogen-bond acceptors (Lipinski definition) is 2. The van der Waals surface area contributed by atoms with Crippen molar-refractivity contribution >= 4 is 0 Å². The highest BCUT2D eigenvalue weighted by atomic mass is 16.6. The highest BCUT2D eigenvalue weighted by Crippen LogP contribution is 2.49. The van der Waals surface area contributed by atoms with Crippen LogP contribution in [0.15, 0.2) is 30.3 Å². The summed E-state index contributed by atoms with van der Waals surface area (Å²) in [4.78, 5) is 0. The van der Waals surface area contributed by atoms with Crippen molar-refractivity contribution in [3.63, 3.8) is 0 Å². The fourth-order valence-electron chi connectivity index (χ4n) is 1.93. The smallest absolute Gasteiger partial charge is 0.123 e. The molecule has 82 valence electrons. The van der Waals surface area contributed by atoms with Crippen molar-refractivity contribution in [2.24, 2.45) is 5.41 Å². The van der Waals surface area contributed by atoms with Gasteiger partial charge in [-0.05, 0) is 11.0 Å². The van der Waals surface area contributed by atoms with Crippen LogP contribution in [0.5, 0.6) is 0 Å². The topological polar surface area (TPSA) is 29.5 Å². The van der Waals surface area contributed by atoms with Crippen molar-refractivity contribution in [2.45, 2.75) is 32.5 Å². The van der Waals surface area contributed by atoms with Crippen molar-refractivity contribution in [3.05, 3.63) is 35.9 Å². The molecule has 1 heterocycles. The molecule has 1 saturated heterocycles. The van der Waals surface area contributed by atoms with E-state index in [0.29, 0.717) is 6.61 Å². The molecule has 0 unspecified atom stereocenters. The molecule has 1 aromatic carbocycles. The molecule has 2 heteroatoms. The van der Waals surface area contributed by atoms with E-state index in [2.05, 4.69) is 0 Å². The third-order valence-electron chi connectivity index (χ3n) is 3.30. The first-order valence-corrected chi connectivity index (χ1v) is 5.34. The van der Waals surface area contributed by atoms with Gasteiger partial charge in [-0.25, -0.2) is 0 Å². The highest BCUT2D eigenvalue weighted by Gasteiger charge is 2.55. The lowest BCUT2D eigenvalue weighted by Crippen LogP contribution is -2.60. The summed E-state index contributed by atoms with van der Waals surface area (Å²) in [5, 5.41) is 10.5. The summed E-state index contributed by atoms with van der Waals surface area (Å²) >= 11 is 0. The van der Waals surface area contributed by atoms with E-state index in [4.69, 9.17) is 4.74 Å². The van der Waals surface area contributed by atoms with Crippen LogP contribution >= 0.6 is 0 Å². The Balaban J connectivity index is 2.27. The van der Waals surface area contributed by atoms with Gasteiger partial charge < -0.3 is 9.84 Å². The highest BCUT2D eigenvalue weighted by molar-refractivity contribution is 5.24. The van der Waals surface area contributed by atoms with Crippen LogP contribution in [0.4, 0.5) is 0 Å². The van der Waals surface area contributed by atoms with E-state index in [1.165, 1.54) is 0 Å². The number of aliphatic hydroxyl groups is 1. The zero-order valence-corrected chi connectivity index (χ0v) is 9.53. The molecule has 0 amide bonds. The van der Waals surface area contributed by atoms with Crippen LogP contribution in [0.25, 0.3) is 0 Å². The standard InChI is InChI=1S/C13H18O2/c1-12(2,3)13(14)9-15-11(13)10-7-5-4-6-8-10/h4-8,11,14H,9H2,1-3H3/t11-,13-/m1/s1. The maximum Gasteiger partial charge on any atom is 0.123 e. The summed E-state index contributed by atoms with van der Waals surface area (Å²) in [6.45, 7) is 6.57. The fraction of sp³-hybridized carbons (Fsp3) is 0.538. The van der Waals surface area contributed by atoms with Crippen LogP contribution in [-0.2, 0) is 4.74 Å². The average Bonchev–Trinajstić information content (AvgIpc) is 2.15. The Hall–Kier alpha value is -0.860. The van der Waals surface area contributed by atoms with Gasteiger partial charge in [0.15, 0.2) is 0 Å². The molecule has 0 saturated carbocycles. The summed E-state index contributed by atoms with van der Waals surface area (Å²) in [7, 11) is 0. The molecule has 2 atom stereocenters. The molecule has 15 heavy (non-hydrogen) atoms. The molecular weight excluding hydrogens is 188 g/mol. The summed E-state index contributed by atoms with van der Waals surface area (Å²) in [5.74, 6) is 0. The Morgan fingerprint density at radius 1 is 1.27 bits per heavy atom. The van der Waals surface area contributed by atoms with E-state index in [1.807, 2.05) is 51.1 Å². The molecule has 2 nitrogen and oxygen atoms in total. The van der Waals surface area contributed by atoms with Gasteiger partial charge >= 0.3 is 0 Å². The van der Waals surface area contributed by atoms with Gasteiger partial charge in [0.1, 0.15) is 11.7 Å². The Morgan fingerprint density at radius 2 is 1.87 bits per heavy atom. The van der Waals surface area contributed by atoms with E-state index in [1.54, 1.807) is 0 Å². The number of hydrogen-bond donors (Lipinski definition) is 1. The Morgan fingerprint density at radius 3 is 2.27 bits per heavy atom. The minimum absolute atomic E-state index is 0.161. The van der Waals surface area contributed by atoms with Gasteiger partial charge in [0.2, 0.25) is 0 Å². The van der Waals surface area contributed by atoms with E-state index in [0.717, 1.165) is 5.56 Å². The van der Waals surface area contributed by atoms with Gasteiger partial charge in [0.05, 0.1) is 6.61 Å². The summed E-state index contributed by atoms with van der Waals surface area (Å²) in [6.07, 6.45) is -0.182. The molecule has 0 aromatic heterocycles. The molecule has 1 N–H and O–H groups in total. The van der Waals surface area contributed by atoms with Crippen LogP contribution in [0, 0.1) is 5.41 Å². The van der Waals surface area contributed by atoms with E-state index < -0.39 is 5.60 Å². The van der Waals surface area contributed by atoms with Gasteiger partial charge in [-0.3, -0.25) is 0 Å². The zero-order valence-electron chi connectivity index (χ0n) is 9.53. The quantitative estimate of drug-likeness (QED) is 0.765. The first kappa shape index (κ1) is 10.7. The van der Waals surface area contributed by atoms with Crippen LogP contribution in [-0.4, -0.2) is 17.3 Å². The third-order valence-corrected chi connectivity index (χ3v) is 3.30. The number of ether oxygens (including phenoxy) is 1. The Labute approximate surface area is 90.9 Å². The first-order chi connectivity index (χ1) is 6.95. The third kappa shape index (κ3) is 1.58. The Bertz CT molecular complexity index is 339. The molecule has 1 aromatic rings. The fourth-order valence-corrected chi connectivity index (χ4v) is 1.93. The summed E-state index contributed by atoms with van der Waals surface area (Å²) in [6, 6.07) is 9.92. The number of benzene rings is 1. The molecular formula is C13H18O2. The van der Waals surface area contributed by atoms with Crippen LogP contribution in [0.1, 0.15) is 32.4 Å². The van der Waals surface area contributed by atoms with Crippen LogP contribution in [0.2, 0.25) is 0 Å². The lowest BCUT2D eigenvalue weighted by molar-refractivity contribution is -0.284. The van der Waals surface area contributed by atoms with Crippen molar-refractivity contribution in [1.82, 2.24) is 0 Å². The van der Waals surface area contributed by atoms with E-state index in [-0.39, 0.29) is 11.5 Å². The average molecular weight is 206 g/mol. The summed E-state index contributed by atoms with van der Waals surface area (Å²) in [5.41, 5.74) is 0.154. The normalized spacial score (nSPS) is 31.1. The maximum atomic E-state index is 10.5. The molecule has 0 bridgehead atoms. The second-order valence-electron chi connectivity index (χ2n) is 5.28. The predicted octanol–water partition coefficient (Wildman–Crippen LogP) is 2.54. The van der Waals surface area contributed by atoms with E-state index >= 15 is 0 Å². The molecule has 0 spiro atoms. The maximum absolute atomic E-state index is 10.5. The molecule has 1 aliphatic rings. The Kier molecular flexibility index (Phi) is 2.36. The van der Waals surface area contributed by atoms with Gasteiger partial charge in [-0.1, -0.05) is 51.1 Å². The first-order valence-electron chi connectivity index (χ1n) is 5.34. The number of rotatable bonds is 1. The van der Waals surface area contributed by atoms with Crippen molar-refractivity contribution < 1.29 is 9.84 Å². The van der Waals surface area contributed by atoms with E-state index in [9.17, 15) is 5.11 Å². The minimum atomic E-state index is -0.742. The largest absolute Gasteiger partial charge is 0.384 e. The van der Waals surface area contributed by atoms with Gasteiger partial charge in [-0.15, -0.1) is 0 Å². The zero-order chi connectivity index (χ0) is 11.1. The second kappa shape index (κ2) is 3.32. The monoisotopic (exact) mass is 206 g/mol. The van der Waals surface area contributed by atoms with Gasteiger partial charge in [-0.2, -0.15) is 0 Å². The molecule has 1 aliphatic heterocycles. The minimum Gasteiger partial charge on any atom is -0.384 e. The summed E-state index contributed by atoms with van der Waals surface area (Å²) < 4.78 is 5.51. The molecule has 0 aliphatic carbocycles. The molecule has 2 rings (SSSR count). The second-order valence-corrected chi connectivity index (χ2v) is 5.28. The lowest BCUT2D eigenvalue weighted by Gasteiger charge is -2.53. The van der Waals surface area contributed by atoms with Gasteiger partial charge in [0.25, 0.3) is 0 Å².